The molecule has 0 radical (unpaired) electrons. The van der Waals surface area contributed by atoms with Gasteiger partial charge in [0.05, 0.1) is 19.7 Å². The van der Waals surface area contributed by atoms with Crippen molar-refractivity contribution in [3.8, 4) is 0 Å². The molecule has 282 valence electrons. The van der Waals surface area contributed by atoms with Gasteiger partial charge in [-0.15, -0.1) is 0 Å². The first-order chi connectivity index (χ1) is 24.8. The zero-order valence-electron chi connectivity index (χ0n) is 31.0. The van der Waals surface area contributed by atoms with Gasteiger partial charge in [0.15, 0.2) is 0 Å². The number of fused-ring (bicyclic) bond motifs is 8. The third-order valence-corrected chi connectivity index (χ3v) is 10.2. The number of nitrogens with one attached hydrogen (secondary N) is 2. The van der Waals surface area contributed by atoms with Crippen LogP contribution in [0.25, 0.3) is 44.4 Å². The topological polar surface area (TPSA) is 230 Å². The monoisotopic (exact) mass is 770 g/mol. The summed E-state index contributed by atoms with van der Waals surface area (Å²) in [7, 11) is 0. The Morgan fingerprint density at radius 3 is 0.830 bits per heavy atom. The van der Waals surface area contributed by atoms with Crippen LogP contribution in [0.4, 0.5) is 22.7 Å². The van der Waals surface area contributed by atoms with Crippen molar-refractivity contribution in [2.75, 3.05) is 0 Å². The van der Waals surface area contributed by atoms with Crippen molar-refractivity contribution in [3.05, 3.63) is 85.5 Å². The molecule has 0 aliphatic carbocycles. The minimum atomic E-state index is -0.618. The van der Waals surface area contributed by atoms with Gasteiger partial charge < -0.3 is 9.97 Å². The fraction of sp³-hybridized carbons (Fsp3) is 0.444. The first-order valence-electron chi connectivity index (χ1n) is 17.7. The summed E-state index contributed by atoms with van der Waals surface area (Å²) in [5.41, 5.74) is 1.53. The Balaban J connectivity index is 0.00000627. The molecule has 0 fully saturated rings. The molecule has 17 heteroatoms. The molecule has 2 aliphatic rings. The Labute approximate surface area is 315 Å². The van der Waals surface area contributed by atoms with Crippen molar-refractivity contribution in [3.63, 3.8) is 0 Å². The molecular formula is C36H42FeN8O8. The molecule has 0 atom stereocenters. The van der Waals surface area contributed by atoms with E-state index >= 15 is 0 Å². The molecule has 0 saturated carbocycles. The molecule has 0 unspecified atom stereocenters. The van der Waals surface area contributed by atoms with Crippen LogP contribution in [0, 0.1) is 40.5 Å². The number of aromatic amines is 2. The molecule has 0 saturated heterocycles. The smallest absolute Gasteiger partial charge is 0.320 e. The zero-order valence-corrected chi connectivity index (χ0v) is 32.1. The van der Waals surface area contributed by atoms with Crippen LogP contribution in [0.2, 0.25) is 0 Å². The van der Waals surface area contributed by atoms with Gasteiger partial charge in [-0.05, 0) is 95.9 Å². The fourth-order valence-corrected chi connectivity index (χ4v) is 8.08. The standard InChI is InChI=1S/C36H42N8O8.Fe/c1-9-17-18(10-2)26-34(42(47)48)28-21(13-5)22(14-6)30(39-28)36(44(51)52)32-24(16-8)23(15-7)31(40-32)35(43(49)50)29-20(12-4)19(11-3)27(38-29)33(41(45)46)25(17)37-26;/h37-38H,9-16H2,1-8H3;. The molecule has 16 nitrogen and oxygen atoms in total. The summed E-state index contributed by atoms with van der Waals surface area (Å²) >= 11 is 0. The molecule has 5 heterocycles. The van der Waals surface area contributed by atoms with Gasteiger partial charge in [-0.25, -0.2) is 9.97 Å². The van der Waals surface area contributed by atoms with Gasteiger partial charge in [0.25, 0.3) is 0 Å². The van der Waals surface area contributed by atoms with Crippen LogP contribution in [0.5, 0.6) is 0 Å². The van der Waals surface area contributed by atoms with Crippen molar-refractivity contribution in [2.45, 2.75) is 107 Å². The van der Waals surface area contributed by atoms with Crippen molar-refractivity contribution in [1.82, 2.24) is 19.9 Å². The van der Waals surface area contributed by atoms with E-state index in [4.69, 9.17) is 0 Å². The fourth-order valence-electron chi connectivity index (χ4n) is 8.08. The van der Waals surface area contributed by atoms with E-state index in [1.54, 1.807) is 55.4 Å². The van der Waals surface area contributed by atoms with Crippen molar-refractivity contribution in [1.29, 1.82) is 0 Å². The van der Waals surface area contributed by atoms with Crippen LogP contribution in [-0.4, -0.2) is 39.6 Å². The number of nitro groups is 4. The number of rotatable bonds is 12. The van der Waals surface area contributed by atoms with E-state index in [2.05, 4.69) is 19.9 Å². The van der Waals surface area contributed by atoms with Crippen molar-refractivity contribution >= 4 is 67.1 Å². The quantitative estimate of drug-likeness (QED) is 0.101. The van der Waals surface area contributed by atoms with Crippen molar-refractivity contribution < 1.29 is 36.8 Å². The maximum absolute atomic E-state index is 13.2. The average Bonchev–Trinajstić information content (AvgIpc) is 3.84. The van der Waals surface area contributed by atoms with E-state index in [0.29, 0.717) is 44.5 Å². The van der Waals surface area contributed by atoms with E-state index in [-0.39, 0.29) is 113 Å². The summed E-state index contributed by atoms with van der Waals surface area (Å²) in [5.74, 6) is 0. The van der Waals surface area contributed by atoms with Crippen LogP contribution < -0.4 is 0 Å². The van der Waals surface area contributed by atoms with E-state index < -0.39 is 42.4 Å². The second-order valence-corrected chi connectivity index (χ2v) is 12.4. The summed E-state index contributed by atoms with van der Waals surface area (Å²) in [5, 5.41) is 52.7. The Kier molecular flexibility index (Phi) is 12.0. The first-order valence-corrected chi connectivity index (χ1v) is 17.7. The van der Waals surface area contributed by atoms with Crippen LogP contribution in [-0.2, 0) is 42.8 Å². The molecule has 53 heavy (non-hydrogen) atoms. The van der Waals surface area contributed by atoms with Crippen LogP contribution in [0.1, 0.15) is 126 Å². The number of aromatic nitrogens is 4. The van der Waals surface area contributed by atoms with E-state index in [9.17, 15) is 40.5 Å². The summed E-state index contributed by atoms with van der Waals surface area (Å²) < 4.78 is 0. The molecule has 2 N–H and O–H groups in total. The first kappa shape index (κ1) is 40.5. The van der Waals surface area contributed by atoms with Crippen molar-refractivity contribution in [2.24, 2.45) is 0 Å². The minimum absolute atomic E-state index is 0. The number of allylic oxidation sites excluding steroid dienone is 4. The van der Waals surface area contributed by atoms with Crippen LogP contribution >= 0.6 is 0 Å². The van der Waals surface area contributed by atoms with E-state index in [1.807, 2.05) is 0 Å². The maximum atomic E-state index is 13.2. The second kappa shape index (κ2) is 15.8. The molecule has 2 aliphatic heterocycles. The number of nitrogens with zero attached hydrogens (tertiary/aromatic N) is 6. The summed E-state index contributed by atoms with van der Waals surface area (Å²) in [6, 6.07) is 0. The Bertz CT molecular complexity index is 2170. The number of hydrogen-bond donors (Lipinski definition) is 2. The second-order valence-electron chi connectivity index (χ2n) is 12.4. The molecule has 0 aromatic carbocycles. The SMILES string of the molecule is CCC1=C(CC)c2nc1c([N+](=O)[O-])c1nc(c([N+](=O)[O-])c3[nH]c(c(CC)c3CC)c([N+](=O)[O-])c3[nH]c(c(CC)c3CC)c2[N+](=O)[O-])C(CC)=C1CC.[Fe]. The average molecular weight is 771 g/mol. The Morgan fingerprint density at radius 1 is 0.396 bits per heavy atom. The van der Waals surface area contributed by atoms with Crippen LogP contribution in [0.15, 0.2) is 0 Å². The van der Waals surface area contributed by atoms with Crippen LogP contribution in [0.3, 0.4) is 0 Å². The van der Waals surface area contributed by atoms with Gasteiger partial charge in [0.2, 0.25) is 0 Å². The third kappa shape index (κ3) is 6.20. The molecule has 3 aromatic rings. The van der Waals surface area contributed by atoms with Gasteiger partial charge in [-0.3, -0.25) is 40.5 Å². The molecule has 0 spiro atoms. The summed E-state index contributed by atoms with van der Waals surface area (Å²) in [6.07, 6.45) is 1.98. The molecule has 0 amide bonds. The molecule has 3 aromatic heterocycles. The predicted octanol–water partition coefficient (Wildman–Crippen LogP) is 9.66. The molecule has 8 bridgehead atoms. The van der Waals surface area contributed by atoms with Gasteiger partial charge in [0, 0.05) is 17.1 Å². The molecule has 5 rings (SSSR count). The van der Waals surface area contributed by atoms with Gasteiger partial charge in [-0.1, -0.05) is 55.4 Å². The number of aryl methyl sites for hydroxylation is 4. The number of H-pyrrole nitrogens is 2. The summed E-state index contributed by atoms with van der Waals surface area (Å²) in [4.78, 5) is 65.9. The largest absolute Gasteiger partial charge is 0.344 e. The zero-order chi connectivity index (χ0) is 38.3. The predicted molar refractivity (Wildman–Crippen MR) is 200 cm³/mol. The van der Waals surface area contributed by atoms with E-state index in [1.165, 1.54) is 0 Å². The normalized spacial score (nSPS) is 12.7. The maximum Gasteiger partial charge on any atom is 0.320 e. The van der Waals surface area contributed by atoms with Gasteiger partial charge in [0.1, 0.15) is 44.8 Å². The minimum Gasteiger partial charge on any atom is -0.344 e. The van der Waals surface area contributed by atoms with Gasteiger partial charge >= 0.3 is 22.7 Å². The summed E-state index contributed by atoms with van der Waals surface area (Å²) in [6.45, 7) is 14.2. The number of hydrogen-bond acceptors (Lipinski definition) is 10. The van der Waals surface area contributed by atoms with Gasteiger partial charge in [-0.2, -0.15) is 0 Å². The third-order valence-electron chi connectivity index (χ3n) is 10.2. The van der Waals surface area contributed by atoms with E-state index in [0.717, 1.165) is 0 Å². The molecular weight excluding hydrogens is 728 g/mol. The Hall–Kier alpha value is -5.28. The Morgan fingerprint density at radius 2 is 0.623 bits per heavy atom.